The van der Waals surface area contributed by atoms with E-state index in [2.05, 4.69) is 65.2 Å². The Morgan fingerprint density at radius 3 is 1.29 bits per heavy atom. The molecule has 2 aliphatic heterocycles. The lowest BCUT2D eigenvalue weighted by Gasteiger charge is -2.36. The van der Waals surface area contributed by atoms with E-state index in [9.17, 15) is 9.59 Å². The minimum absolute atomic E-state index is 0.206. The Labute approximate surface area is 213 Å². The lowest BCUT2D eigenvalue weighted by atomic mass is 10.0. The van der Waals surface area contributed by atoms with Crippen molar-refractivity contribution < 1.29 is 19.1 Å². The van der Waals surface area contributed by atoms with Gasteiger partial charge in [0.1, 0.15) is 11.3 Å². The van der Waals surface area contributed by atoms with E-state index < -0.39 is 0 Å². The first-order valence-electron chi connectivity index (χ1n) is 11.8. The maximum atomic E-state index is 12.1. The molecule has 8 nitrogen and oxygen atoms in total. The molecule has 0 aromatic carbocycles. The van der Waals surface area contributed by atoms with Crippen LogP contribution >= 0.6 is 23.5 Å². The average Bonchev–Trinajstić information content (AvgIpc) is 2.99. The Balaban J connectivity index is 1.59. The first kappa shape index (κ1) is 29.1. The summed E-state index contributed by atoms with van der Waals surface area (Å²) >= 11 is 2.88. The van der Waals surface area contributed by atoms with Crippen molar-refractivity contribution in [2.45, 2.75) is 90.6 Å². The zero-order chi connectivity index (χ0) is 25.9. The Morgan fingerprint density at radius 2 is 1.03 bits per heavy atom. The fourth-order valence-electron chi connectivity index (χ4n) is 3.91. The first-order chi connectivity index (χ1) is 15.5. The predicted octanol–water partition coefficient (Wildman–Crippen LogP) is 4.04. The van der Waals surface area contributed by atoms with Crippen molar-refractivity contribution >= 4 is 45.5 Å². The maximum absolute atomic E-state index is 12.1. The van der Waals surface area contributed by atoms with E-state index in [1.165, 1.54) is 23.5 Å². The molecular weight excluding hydrogens is 472 g/mol. The molecule has 0 radical (unpaired) electrons. The molecule has 0 aromatic heterocycles. The van der Waals surface area contributed by atoms with Crippen molar-refractivity contribution in [1.29, 1.82) is 0 Å². The van der Waals surface area contributed by atoms with Gasteiger partial charge in [-0.2, -0.15) is 0 Å². The molecule has 194 valence electrons. The van der Waals surface area contributed by atoms with Gasteiger partial charge >= 0.3 is 11.9 Å². The van der Waals surface area contributed by atoms with Crippen LogP contribution in [-0.2, 0) is 19.1 Å². The third-order valence-corrected chi connectivity index (χ3v) is 9.32. The number of hydrogen-bond acceptors (Lipinski definition) is 10. The van der Waals surface area contributed by atoms with E-state index in [4.69, 9.17) is 19.5 Å². The average molecular weight is 515 g/mol. The van der Waals surface area contributed by atoms with Crippen LogP contribution in [0, 0.1) is 0 Å². The topological polar surface area (TPSA) is 83.8 Å². The molecule has 2 aliphatic rings. The fourth-order valence-corrected chi connectivity index (χ4v) is 6.14. The summed E-state index contributed by atoms with van der Waals surface area (Å²) in [5.74, 6) is -0.0240. The lowest BCUT2D eigenvalue weighted by molar-refractivity contribution is -0.142. The third-order valence-electron chi connectivity index (χ3n) is 6.83. The van der Waals surface area contributed by atoms with E-state index in [-0.39, 0.29) is 45.8 Å². The third kappa shape index (κ3) is 6.77. The van der Waals surface area contributed by atoms with Gasteiger partial charge < -0.3 is 9.47 Å². The summed E-state index contributed by atoms with van der Waals surface area (Å²) < 4.78 is 10.7. The summed E-state index contributed by atoms with van der Waals surface area (Å²) in [6.07, 6.45) is 1.30. The number of unbranched alkanes of at least 4 members (excludes halogenated alkanes) is 1. The Kier molecular flexibility index (Phi) is 9.33. The van der Waals surface area contributed by atoms with Crippen LogP contribution in [0.2, 0.25) is 0 Å². The number of rotatable bonds is 9. The van der Waals surface area contributed by atoms with Gasteiger partial charge in [0.05, 0.1) is 45.9 Å². The Bertz CT molecular complexity index is 769. The van der Waals surface area contributed by atoms with Crippen molar-refractivity contribution in [3.8, 4) is 0 Å². The maximum Gasteiger partial charge on any atom is 0.316 e. The van der Waals surface area contributed by atoms with Gasteiger partial charge in [-0.05, 0) is 82.3 Å². The monoisotopic (exact) mass is 514 g/mol. The van der Waals surface area contributed by atoms with Crippen LogP contribution in [0.1, 0.15) is 68.2 Å². The highest BCUT2D eigenvalue weighted by molar-refractivity contribution is 8.15. The number of esters is 2. The number of aliphatic imine (C=N–C) groups is 2. The van der Waals surface area contributed by atoms with E-state index in [0.717, 1.165) is 10.1 Å². The molecule has 0 saturated carbocycles. The SMILES string of the molecule is CN1C(C)(C)N=C(SCC(=O)OCCCCOC(=O)CSC2=NC(C)(C)N(C)C2(C)C)C1(C)C. The number of hydrogen-bond donors (Lipinski definition) is 0. The van der Waals surface area contributed by atoms with Crippen LogP contribution in [0.4, 0.5) is 0 Å². The van der Waals surface area contributed by atoms with Gasteiger partial charge in [-0.1, -0.05) is 23.5 Å². The Hall–Kier alpha value is -1.10. The summed E-state index contributed by atoms with van der Waals surface area (Å²) in [5.41, 5.74) is -0.968. The second kappa shape index (κ2) is 10.9. The molecule has 0 saturated heterocycles. The van der Waals surface area contributed by atoms with Crippen LogP contribution in [-0.4, -0.2) is 93.0 Å². The van der Waals surface area contributed by atoms with Gasteiger partial charge in [0.15, 0.2) is 0 Å². The van der Waals surface area contributed by atoms with Gasteiger partial charge in [-0.25, -0.2) is 0 Å². The lowest BCUT2D eigenvalue weighted by Crippen LogP contribution is -2.49. The highest BCUT2D eigenvalue weighted by atomic mass is 32.2. The van der Waals surface area contributed by atoms with Gasteiger partial charge in [0.25, 0.3) is 0 Å². The minimum atomic E-state index is -0.278. The van der Waals surface area contributed by atoms with Crippen molar-refractivity contribution in [1.82, 2.24) is 9.80 Å². The number of carbonyl (C=O) groups excluding carboxylic acids is 2. The first-order valence-corrected chi connectivity index (χ1v) is 13.7. The van der Waals surface area contributed by atoms with Gasteiger partial charge in [0, 0.05) is 0 Å². The van der Waals surface area contributed by atoms with E-state index in [0.29, 0.717) is 26.1 Å². The van der Waals surface area contributed by atoms with Crippen molar-refractivity contribution in [2.24, 2.45) is 9.98 Å². The quantitative estimate of drug-likeness (QED) is 0.337. The highest BCUT2D eigenvalue weighted by Gasteiger charge is 2.46. The van der Waals surface area contributed by atoms with Crippen LogP contribution in [0.15, 0.2) is 9.98 Å². The molecule has 0 bridgehead atoms. The molecule has 0 unspecified atom stereocenters. The van der Waals surface area contributed by atoms with Crippen molar-refractivity contribution in [2.75, 3.05) is 38.8 Å². The largest absolute Gasteiger partial charge is 0.465 e. The molecule has 2 heterocycles. The molecule has 2 rings (SSSR count). The van der Waals surface area contributed by atoms with Crippen LogP contribution in [0.5, 0.6) is 0 Å². The smallest absolute Gasteiger partial charge is 0.316 e. The summed E-state index contributed by atoms with van der Waals surface area (Å²) in [6, 6.07) is 0. The normalized spacial score (nSPS) is 22.9. The number of thioether (sulfide) groups is 2. The highest BCUT2D eigenvalue weighted by Crippen LogP contribution is 2.38. The summed E-state index contributed by atoms with van der Waals surface area (Å²) in [7, 11) is 4.09. The van der Waals surface area contributed by atoms with E-state index >= 15 is 0 Å². The predicted molar refractivity (Wildman–Crippen MR) is 143 cm³/mol. The van der Waals surface area contributed by atoms with Crippen LogP contribution < -0.4 is 0 Å². The van der Waals surface area contributed by atoms with Gasteiger partial charge in [-0.3, -0.25) is 29.4 Å². The Morgan fingerprint density at radius 1 is 0.706 bits per heavy atom. The molecule has 0 aliphatic carbocycles. The number of carbonyl (C=O) groups is 2. The second-order valence-corrected chi connectivity index (χ2v) is 12.7. The fraction of sp³-hybridized carbons (Fsp3) is 0.833. The standard InChI is InChI=1S/C24H42N4O4S2/c1-21(2)19(25-23(5,6)27(21)9)33-15-17(29)31-13-11-12-14-32-18(30)16-34-20-22(3,4)28(10)24(7,8)26-20/h11-16H2,1-10H3. The number of ether oxygens (including phenoxy) is 2. The van der Waals surface area contributed by atoms with Crippen molar-refractivity contribution in [3.63, 3.8) is 0 Å². The molecule has 0 N–H and O–H groups in total. The molecule has 0 amide bonds. The van der Waals surface area contributed by atoms with Crippen LogP contribution in [0.25, 0.3) is 0 Å². The molecule has 0 fully saturated rings. The molecule has 10 heteroatoms. The summed E-state index contributed by atoms with van der Waals surface area (Å²) in [5, 5.41) is 1.90. The van der Waals surface area contributed by atoms with Gasteiger partial charge in [0.2, 0.25) is 0 Å². The van der Waals surface area contributed by atoms with E-state index in [1.54, 1.807) is 0 Å². The van der Waals surface area contributed by atoms with Gasteiger partial charge in [-0.15, -0.1) is 0 Å². The molecular formula is C24H42N4O4S2. The zero-order valence-corrected chi connectivity index (χ0v) is 24.1. The molecule has 0 aromatic rings. The molecule has 0 spiro atoms. The zero-order valence-electron chi connectivity index (χ0n) is 22.5. The van der Waals surface area contributed by atoms with Crippen molar-refractivity contribution in [3.05, 3.63) is 0 Å². The molecule has 0 atom stereocenters. The van der Waals surface area contributed by atoms with Crippen LogP contribution in [0.3, 0.4) is 0 Å². The number of nitrogens with zero attached hydrogens (tertiary/aromatic N) is 4. The summed E-state index contributed by atoms with van der Waals surface area (Å²) in [6.45, 7) is 17.3. The second-order valence-electron chi connectivity index (χ2n) is 10.8. The summed E-state index contributed by atoms with van der Waals surface area (Å²) in [4.78, 5) is 38.2. The van der Waals surface area contributed by atoms with E-state index in [1.807, 2.05) is 14.1 Å². The minimum Gasteiger partial charge on any atom is -0.465 e. The molecule has 34 heavy (non-hydrogen) atoms.